The lowest BCUT2D eigenvalue weighted by molar-refractivity contribution is -0.134. The normalized spacial score (nSPS) is 21.1. The Morgan fingerprint density at radius 1 is 1.67 bits per heavy atom. The first-order valence-corrected chi connectivity index (χ1v) is 3.75. The molecule has 0 bridgehead atoms. The highest BCUT2D eigenvalue weighted by Crippen LogP contribution is 2.18. The van der Waals surface area contributed by atoms with Gasteiger partial charge in [-0.3, -0.25) is 9.59 Å². The number of Topliss-reactive ketones (excluding diaryl/α,β-unsaturated/α-hetero) is 1. The zero-order valence-electron chi connectivity index (χ0n) is 6.95. The maximum atomic E-state index is 10.6. The lowest BCUT2D eigenvalue weighted by Gasteiger charge is -1.90. The summed E-state index contributed by atoms with van der Waals surface area (Å²) in [6, 6.07) is 0. The van der Waals surface area contributed by atoms with Gasteiger partial charge in [0.05, 0.1) is 5.92 Å². The molecule has 1 aliphatic rings. The number of carboxylic acids is 1. The van der Waals surface area contributed by atoms with E-state index in [4.69, 9.17) is 9.90 Å². The van der Waals surface area contributed by atoms with Crippen LogP contribution in [-0.4, -0.2) is 23.1 Å². The third kappa shape index (κ3) is 4.60. The van der Waals surface area contributed by atoms with Crippen LogP contribution in [0.2, 0.25) is 0 Å². The average molecular weight is 172 g/mol. The van der Waals surface area contributed by atoms with Crippen LogP contribution in [0.5, 0.6) is 0 Å². The van der Waals surface area contributed by atoms with Crippen LogP contribution in [0, 0.1) is 5.92 Å². The molecule has 0 amide bonds. The molecule has 1 N–H and O–H groups in total. The smallest absolute Gasteiger partial charge is 0.300 e. The van der Waals surface area contributed by atoms with Crippen LogP contribution in [0.1, 0.15) is 26.2 Å². The molecule has 68 valence electrons. The Bertz CT molecular complexity index is 181. The van der Waals surface area contributed by atoms with Crippen molar-refractivity contribution in [2.45, 2.75) is 26.2 Å². The Labute approximate surface area is 70.6 Å². The summed E-state index contributed by atoms with van der Waals surface area (Å²) in [5.74, 6) is -0.963. The monoisotopic (exact) mass is 172 g/mol. The predicted octanol–water partition coefficient (Wildman–Crippen LogP) is 0.645. The first kappa shape index (κ1) is 10.8. The van der Waals surface area contributed by atoms with E-state index in [0.29, 0.717) is 6.42 Å². The van der Waals surface area contributed by atoms with Crippen molar-refractivity contribution in [3.8, 4) is 0 Å². The second-order valence-corrected chi connectivity index (χ2v) is 2.62. The third-order valence-electron chi connectivity index (χ3n) is 1.52. The van der Waals surface area contributed by atoms with E-state index in [9.17, 15) is 9.59 Å². The largest absolute Gasteiger partial charge is 0.481 e. The van der Waals surface area contributed by atoms with Crippen molar-refractivity contribution >= 4 is 18.0 Å². The number of carbonyl (C=O) groups is 3. The summed E-state index contributed by atoms with van der Waals surface area (Å²) in [6.07, 6.45) is 3.06. The minimum Gasteiger partial charge on any atom is -0.481 e. The van der Waals surface area contributed by atoms with Crippen LogP contribution < -0.4 is 0 Å². The van der Waals surface area contributed by atoms with Gasteiger partial charge in [-0.1, -0.05) is 0 Å². The minimum atomic E-state index is -0.833. The van der Waals surface area contributed by atoms with Gasteiger partial charge in [0.25, 0.3) is 5.97 Å². The standard InChI is InChI=1S/C6H8O2.C2H4O2/c7-4-5-2-1-3-6(5)8;1-2(3)4/h4-5H,1-3H2;1H3,(H,3,4). The fraction of sp³-hybridized carbons (Fsp3) is 0.625. The summed E-state index contributed by atoms with van der Waals surface area (Å²) < 4.78 is 0. The maximum Gasteiger partial charge on any atom is 0.300 e. The van der Waals surface area contributed by atoms with Gasteiger partial charge < -0.3 is 9.90 Å². The Morgan fingerprint density at radius 2 is 2.17 bits per heavy atom. The number of hydrogen-bond acceptors (Lipinski definition) is 3. The molecule has 0 spiro atoms. The number of aldehydes is 1. The molecular formula is C8H12O4. The highest BCUT2D eigenvalue weighted by molar-refractivity contribution is 5.94. The fourth-order valence-corrected chi connectivity index (χ4v) is 0.987. The lowest BCUT2D eigenvalue weighted by atomic mass is 10.1. The Balaban J connectivity index is 0.000000261. The topological polar surface area (TPSA) is 71.4 Å². The fourth-order valence-electron chi connectivity index (χ4n) is 0.987. The molecule has 0 saturated heterocycles. The van der Waals surface area contributed by atoms with Gasteiger partial charge in [0.15, 0.2) is 0 Å². The summed E-state index contributed by atoms with van der Waals surface area (Å²) in [5, 5.41) is 7.42. The number of carbonyl (C=O) groups excluding carboxylic acids is 2. The average Bonchev–Trinajstić information content (AvgIpc) is 2.33. The highest BCUT2D eigenvalue weighted by Gasteiger charge is 2.22. The van der Waals surface area contributed by atoms with Crippen molar-refractivity contribution in [2.24, 2.45) is 5.92 Å². The van der Waals surface area contributed by atoms with Gasteiger partial charge in [-0.25, -0.2) is 0 Å². The molecule has 0 aromatic carbocycles. The Hall–Kier alpha value is -1.19. The molecule has 4 nitrogen and oxygen atoms in total. The van der Waals surface area contributed by atoms with E-state index in [0.717, 1.165) is 26.1 Å². The number of ketones is 1. The van der Waals surface area contributed by atoms with Gasteiger partial charge in [-0.2, -0.15) is 0 Å². The second kappa shape index (κ2) is 5.46. The van der Waals surface area contributed by atoms with Crippen molar-refractivity contribution in [3.63, 3.8) is 0 Å². The van der Waals surface area contributed by atoms with Gasteiger partial charge >= 0.3 is 0 Å². The molecule has 1 rings (SSSR count). The third-order valence-corrected chi connectivity index (χ3v) is 1.52. The summed E-state index contributed by atoms with van der Waals surface area (Å²) in [4.78, 5) is 29.6. The molecule has 4 heteroatoms. The van der Waals surface area contributed by atoms with Crippen molar-refractivity contribution in [1.29, 1.82) is 0 Å². The molecule has 0 aliphatic heterocycles. The number of rotatable bonds is 1. The van der Waals surface area contributed by atoms with E-state index in [1.807, 2.05) is 0 Å². The van der Waals surface area contributed by atoms with Gasteiger partial charge in [0, 0.05) is 13.3 Å². The van der Waals surface area contributed by atoms with Gasteiger partial charge in [0.1, 0.15) is 12.1 Å². The quantitative estimate of drug-likeness (QED) is 0.465. The van der Waals surface area contributed by atoms with Crippen LogP contribution in [0.4, 0.5) is 0 Å². The van der Waals surface area contributed by atoms with E-state index in [1.165, 1.54) is 0 Å². The molecule has 12 heavy (non-hydrogen) atoms. The molecule has 1 fully saturated rings. The van der Waals surface area contributed by atoms with Crippen molar-refractivity contribution in [2.75, 3.05) is 0 Å². The first-order valence-electron chi connectivity index (χ1n) is 3.75. The zero-order chi connectivity index (χ0) is 9.56. The van der Waals surface area contributed by atoms with E-state index >= 15 is 0 Å². The number of hydrogen-bond donors (Lipinski definition) is 1. The number of aliphatic carboxylic acids is 1. The molecule has 1 unspecified atom stereocenters. The maximum absolute atomic E-state index is 10.6. The van der Waals surface area contributed by atoms with Crippen LogP contribution in [0.25, 0.3) is 0 Å². The van der Waals surface area contributed by atoms with Crippen molar-refractivity contribution in [3.05, 3.63) is 0 Å². The molecule has 0 heterocycles. The van der Waals surface area contributed by atoms with Crippen LogP contribution >= 0.6 is 0 Å². The molecule has 1 atom stereocenters. The molecule has 1 saturated carbocycles. The van der Waals surface area contributed by atoms with Crippen molar-refractivity contribution < 1.29 is 19.5 Å². The molecule has 0 aromatic heterocycles. The predicted molar refractivity (Wildman–Crippen MR) is 41.7 cm³/mol. The summed E-state index contributed by atoms with van der Waals surface area (Å²) >= 11 is 0. The first-order chi connectivity index (χ1) is 5.57. The summed E-state index contributed by atoms with van der Waals surface area (Å²) in [6.45, 7) is 1.08. The summed E-state index contributed by atoms with van der Waals surface area (Å²) in [5.41, 5.74) is 0. The minimum absolute atomic E-state index is 0.125. The highest BCUT2D eigenvalue weighted by atomic mass is 16.4. The summed E-state index contributed by atoms with van der Waals surface area (Å²) in [7, 11) is 0. The van der Waals surface area contributed by atoms with Crippen LogP contribution in [0.3, 0.4) is 0 Å². The van der Waals surface area contributed by atoms with Gasteiger partial charge in [-0.15, -0.1) is 0 Å². The lowest BCUT2D eigenvalue weighted by Crippen LogP contribution is -2.06. The molecule has 1 aliphatic carbocycles. The van der Waals surface area contributed by atoms with Crippen molar-refractivity contribution in [1.82, 2.24) is 0 Å². The van der Waals surface area contributed by atoms with E-state index < -0.39 is 5.97 Å². The number of carboxylic acid groups (broad SMARTS) is 1. The van der Waals surface area contributed by atoms with E-state index in [1.54, 1.807) is 0 Å². The van der Waals surface area contributed by atoms with Crippen LogP contribution in [-0.2, 0) is 14.4 Å². The van der Waals surface area contributed by atoms with Gasteiger partial charge in [0.2, 0.25) is 0 Å². The zero-order valence-corrected chi connectivity index (χ0v) is 6.95. The van der Waals surface area contributed by atoms with E-state index in [2.05, 4.69) is 0 Å². The SMILES string of the molecule is CC(=O)O.O=CC1CCCC1=O. The molecule has 0 aromatic rings. The Morgan fingerprint density at radius 3 is 2.33 bits per heavy atom. The van der Waals surface area contributed by atoms with Crippen LogP contribution in [0.15, 0.2) is 0 Å². The molecule has 0 radical (unpaired) electrons. The Kier molecular flexibility index (Phi) is 4.92. The van der Waals surface area contributed by atoms with Gasteiger partial charge in [-0.05, 0) is 12.8 Å². The second-order valence-electron chi connectivity index (χ2n) is 2.62. The molecular weight excluding hydrogens is 160 g/mol. The van der Waals surface area contributed by atoms with E-state index in [-0.39, 0.29) is 11.7 Å².